The average molecular weight is 476 g/mol. The van der Waals surface area contributed by atoms with E-state index in [0.29, 0.717) is 26.1 Å². The quantitative estimate of drug-likeness (QED) is 0.274. The minimum atomic E-state index is -0.278. The number of halogens is 2. The Hall–Kier alpha value is -2.32. The van der Waals surface area contributed by atoms with E-state index in [2.05, 4.69) is 15.3 Å². The molecule has 0 aliphatic rings. The van der Waals surface area contributed by atoms with Crippen molar-refractivity contribution in [2.75, 3.05) is 11.1 Å². The molecule has 0 saturated heterocycles. The van der Waals surface area contributed by atoms with Crippen molar-refractivity contribution in [2.45, 2.75) is 12.1 Å². The maximum absolute atomic E-state index is 12.8. The molecule has 30 heavy (non-hydrogen) atoms. The Morgan fingerprint density at radius 3 is 2.70 bits per heavy atom. The van der Waals surface area contributed by atoms with E-state index in [1.807, 2.05) is 37.3 Å². The van der Waals surface area contributed by atoms with Gasteiger partial charge in [0.15, 0.2) is 5.16 Å². The first-order chi connectivity index (χ1) is 14.4. The predicted molar refractivity (Wildman–Crippen MR) is 126 cm³/mol. The van der Waals surface area contributed by atoms with Crippen molar-refractivity contribution in [3.05, 3.63) is 73.8 Å². The fourth-order valence-corrected chi connectivity index (χ4v) is 5.15. The maximum Gasteiger partial charge on any atom is 0.260 e. The van der Waals surface area contributed by atoms with Gasteiger partial charge in [0, 0.05) is 10.4 Å². The third kappa shape index (κ3) is 4.25. The van der Waals surface area contributed by atoms with E-state index < -0.39 is 0 Å². The number of amides is 1. The summed E-state index contributed by atoms with van der Waals surface area (Å²) in [6.45, 7) is 1.98. The maximum atomic E-state index is 12.8. The van der Waals surface area contributed by atoms with Gasteiger partial charge in [0.2, 0.25) is 5.91 Å². The number of nitrogens with zero attached hydrogens (tertiary/aromatic N) is 1. The van der Waals surface area contributed by atoms with Gasteiger partial charge in [-0.25, -0.2) is 4.98 Å². The van der Waals surface area contributed by atoms with Crippen LogP contribution in [0.15, 0.2) is 58.5 Å². The van der Waals surface area contributed by atoms with Crippen molar-refractivity contribution in [2.24, 2.45) is 0 Å². The molecule has 0 aliphatic heterocycles. The molecule has 0 fully saturated rings. The molecule has 2 aromatic carbocycles. The molecule has 1 amide bonds. The molecule has 4 aromatic rings. The number of aryl methyl sites for hydroxylation is 1. The number of hydrogen-bond donors (Lipinski definition) is 2. The minimum absolute atomic E-state index is 0.0627. The van der Waals surface area contributed by atoms with Gasteiger partial charge < -0.3 is 10.3 Å². The van der Waals surface area contributed by atoms with Crippen LogP contribution in [0.2, 0.25) is 10.0 Å². The third-order valence-electron chi connectivity index (χ3n) is 4.34. The molecule has 0 aliphatic carbocycles. The molecule has 152 valence electrons. The summed E-state index contributed by atoms with van der Waals surface area (Å²) in [5.41, 5.74) is 2.10. The van der Waals surface area contributed by atoms with Crippen LogP contribution in [0.3, 0.4) is 0 Å². The highest BCUT2D eigenvalue weighted by Gasteiger charge is 2.17. The standard InChI is InChI=1S/C21H15Cl2N3O2S2/c1-11-16(12-6-3-2-4-7-12)17-19(28)25-21(26-20(17)30-11)29-10-15(27)24-14-9-5-8-13(22)18(14)23/h2-9H,10H2,1H3,(H,24,27)(H,25,26,28). The molecule has 4 rings (SSSR count). The Bertz CT molecular complexity index is 1300. The summed E-state index contributed by atoms with van der Waals surface area (Å²) in [5, 5.41) is 4.32. The lowest BCUT2D eigenvalue weighted by Gasteiger charge is -2.08. The number of aromatic amines is 1. The van der Waals surface area contributed by atoms with Crippen LogP contribution in [0.25, 0.3) is 21.3 Å². The van der Waals surface area contributed by atoms with Crippen LogP contribution >= 0.6 is 46.3 Å². The van der Waals surface area contributed by atoms with Crippen LogP contribution in [0.1, 0.15) is 4.88 Å². The zero-order valence-corrected chi connectivity index (χ0v) is 18.8. The second-order valence-corrected chi connectivity index (χ2v) is 9.34. The molecule has 0 atom stereocenters. The fraction of sp³-hybridized carbons (Fsp3) is 0.0952. The summed E-state index contributed by atoms with van der Waals surface area (Å²) < 4.78 is 0. The summed E-state index contributed by atoms with van der Waals surface area (Å²) in [5.74, 6) is -0.216. The Morgan fingerprint density at radius 2 is 1.93 bits per heavy atom. The molecule has 0 spiro atoms. The van der Waals surface area contributed by atoms with Crippen LogP contribution in [-0.4, -0.2) is 21.6 Å². The number of nitrogens with one attached hydrogen (secondary N) is 2. The second kappa shape index (κ2) is 8.81. The number of hydrogen-bond acceptors (Lipinski definition) is 5. The predicted octanol–water partition coefficient (Wildman–Crippen LogP) is 6.00. The molecule has 2 N–H and O–H groups in total. The Kier molecular flexibility index (Phi) is 6.15. The van der Waals surface area contributed by atoms with E-state index in [9.17, 15) is 9.59 Å². The molecule has 0 bridgehead atoms. The first-order valence-corrected chi connectivity index (χ1v) is 11.5. The number of fused-ring (bicyclic) bond motifs is 1. The number of aromatic nitrogens is 2. The monoisotopic (exact) mass is 475 g/mol. The molecule has 0 radical (unpaired) electrons. The highest BCUT2D eigenvalue weighted by molar-refractivity contribution is 7.99. The number of benzene rings is 2. The highest BCUT2D eigenvalue weighted by Crippen LogP contribution is 2.36. The molecule has 5 nitrogen and oxygen atoms in total. The average Bonchev–Trinajstić information content (AvgIpc) is 3.07. The molecular formula is C21H15Cl2N3O2S2. The fourth-order valence-electron chi connectivity index (χ4n) is 3.04. The van der Waals surface area contributed by atoms with Crippen molar-refractivity contribution in [1.29, 1.82) is 0 Å². The smallest absolute Gasteiger partial charge is 0.260 e. The normalized spacial score (nSPS) is 11.0. The summed E-state index contributed by atoms with van der Waals surface area (Å²) in [4.78, 5) is 34.1. The van der Waals surface area contributed by atoms with Crippen LogP contribution in [0.5, 0.6) is 0 Å². The van der Waals surface area contributed by atoms with Crippen molar-refractivity contribution >= 4 is 68.1 Å². The van der Waals surface area contributed by atoms with Gasteiger partial charge in [-0.2, -0.15) is 0 Å². The van der Waals surface area contributed by atoms with Crippen LogP contribution in [-0.2, 0) is 4.79 Å². The lowest BCUT2D eigenvalue weighted by atomic mass is 10.0. The number of H-pyrrole nitrogens is 1. The van der Waals surface area contributed by atoms with Gasteiger partial charge in [0.05, 0.1) is 26.9 Å². The van der Waals surface area contributed by atoms with Gasteiger partial charge in [0.1, 0.15) is 4.83 Å². The summed E-state index contributed by atoms with van der Waals surface area (Å²) >= 11 is 14.7. The van der Waals surface area contributed by atoms with E-state index in [1.54, 1.807) is 18.2 Å². The summed E-state index contributed by atoms with van der Waals surface area (Å²) in [7, 11) is 0. The van der Waals surface area contributed by atoms with Crippen LogP contribution in [0, 0.1) is 6.92 Å². The molecule has 0 unspecified atom stereocenters. The van der Waals surface area contributed by atoms with Gasteiger partial charge >= 0.3 is 0 Å². The van der Waals surface area contributed by atoms with E-state index in [1.165, 1.54) is 11.3 Å². The van der Waals surface area contributed by atoms with Crippen molar-refractivity contribution in [1.82, 2.24) is 9.97 Å². The molecule has 0 saturated carbocycles. The molecule has 9 heteroatoms. The number of carbonyl (C=O) groups excluding carboxylic acids is 1. The molecule has 2 aromatic heterocycles. The number of thioether (sulfide) groups is 1. The first kappa shape index (κ1) is 20.9. The minimum Gasteiger partial charge on any atom is -0.324 e. The van der Waals surface area contributed by atoms with E-state index in [4.69, 9.17) is 23.2 Å². The van der Waals surface area contributed by atoms with Crippen molar-refractivity contribution < 1.29 is 4.79 Å². The topological polar surface area (TPSA) is 74.8 Å². The molecular weight excluding hydrogens is 461 g/mol. The largest absolute Gasteiger partial charge is 0.324 e. The van der Waals surface area contributed by atoms with Crippen molar-refractivity contribution in [3.63, 3.8) is 0 Å². The lowest BCUT2D eigenvalue weighted by molar-refractivity contribution is -0.113. The van der Waals surface area contributed by atoms with Gasteiger partial charge in [-0.1, -0.05) is 71.4 Å². The Labute approximate surface area is 190 Å². The van der Waals surface area contributed by atoms with Gasteiger partial charge in [-0.15, -0.1) is 11.3 Å². The van der Waals surface area contributed by atoms with Crippen molar-refractivity contribution in [3.8, 4) is 11.1 Å². The molecule has 2 heterocycles. The third-order valence-corrected chi connectivity index (χ3v) is 7.04. The van der Waals surface area contributed by atoms with E-state index in [-0.39, 0.29) is 22.2 Å². The van der Waals surface area contributed by atoms with Crippen LogP contribution in [0.4, 0.5) is 5.69 Å². The lowest BCUT2D eigenvalue weighted by Crippen LogP contribution is -2.15. The van der Waals surface area contributed by atoms with Gasteiger partial charge in [0.25, 0.3) is 5.56 Å². The first-order valence-electron chi connectivity index (χ1n) is 8.89. The number of thiophene rings is 1. The summed E-state index contributed by atoms with van der Waals surface area (Å²) in [6, 6.07) is 14.8. The van der Waals surface area contributed by atoms with Crippen LogP contribution < -0.4 is 10.9 Å². The Balaban J connectivity index is 1.55. The van der Waals surface area contributed by atoms with E-state index in [0.717, 1.165) is 27.8 Å². The Morgan fingerprint density at radius 1 is 1.17 bits per heavy atom. The summed E-state index contributed by atoms with van der Waals surface area (Å²) in [6.07, 6.45) is 0. The zero-order valence-electron chi connectivity index (χ0n) is 15.7. The number of anilines is 1. The number of carbonyl (C=O) groups is 1. The second-order valence-electron chi connectivity index (χ2n) is 6.39. The van der Waals surface area contributed by atoms with Gasteiger partial charge in [-0.05, 0) is 24.6 Å². The zero-order chi connectivity index (χ0) is 21.3. The number of rotatable bonds is 5. The van der Waals surface area contributed by atoms with E-state index >= 15 is 0 Å². The highest BCUT2D eigenvalue weighted by atomic mass is 35.5. The van der Waals surface area contributed by atoms with Gasteiger partial charge in [-0.3, -0.25) is 9.59 Å². The SMILES string of the molecule is Cc1sc2nc(SCC(=O)Nc3cccc(Cl)c3Cl)[nH]c(=O)c2c1-c1ccccc1.